The van der Waals surface area contributed by atoms with Gasteiger partial charge in [-0.25, -0.2) is 0 Å². The van der Waals surface area contributed by atoms with Gasteiger partial charge >= 0.3 is 0 Å². The maximum absolute atomic E-state index is 6.06. The van der Waals surface area contributed by atoms with E-state index < -0.39 is 0 Å². The summed E-state index contributed by atoms with van der Waals surface area (Å²) in [5.41, 5.74) is 3.77. The average molecular weight is 264 g/mol. The lowest BCUT2D eigenvalue weighted by Gasteiger charge is -2.15. The lowest BCUT2D eigenvalue weighted by molar-refractivity contribution is 0.539. The molecule has 0 amide bonds. The summed E-state index contributed by atoms with van der Waals surface area (Å²) >= 11 is 9.41. The number of halogens is 2. The van der Waals surface area contributed by atoms with Crippen molar-refractivity contribution in [2.75, 3.05) is 0 Å². The maximum atomic E-state index is 6.06. The summed E-state index contributed by atoms with van der Waals surface area (Å²) in [6.07, 6.45) is 0.915. The van der Waals surface area contributed by atoms with Gasteiger partial charge in [0.1, 0.15) is 0 Å². The van der Waals surface area contributed by atoms with E-state index in [4.69, 9.17) is 17.4 Å². The number of nitrogens with one attached hydrogen (secondary N) is 1. The first-order valence-corrected chi connectivity index (χ1v) is 5.27. The lowest BCUT2D eigenvalue weighted by Crippen LogP contribution is -2.27. The summed E-state index contributed by atoms with van der Waals surface area (Å²) in [5.74, 6) is 5.40. The van der Waals surface area contributed by atoms with Crippen LogP contribution in [0.5, 0.6) is 0 Å². The van der Waals surface area contributed by atoms with Crippen LogP contribution in [0, 0.1) is 0 Å². The fourth-order valence-corrected chi connectivity index (χ4v) is 2.02. The van der Waals surface area contributed by atoms with Crippen molar-refractivity contribution >= 4 is 27.5 Å². The smallest absolute Gasteiger partial charge is 0.0472 e. The van der Waals surface area contributed by atoms with Crippen LogP contribution in [0.1, 0.15) is 24.9 Å². The molecule has 1 aromatic carbocycles. The highest BCUT2D eigenvalue weighted by molar-refractivity contribution is 9.10. The minimum absolute atomic E-state index is 0.126. The van der Waals surface area contributed by atoms with Gasteiger partial charge in [0.2, 0.25) is 0 Å². The zero-order valence-corrected chi connectivity index (χ0v) is 9.69. The van der Waals surface area contributed by atoms with Crippen LogP contribution in [0.15, 0.2) is 22.7 Å². The van der Waals surface area contributed by atoms with Crippen LogP contribution in [-0.4, -0.2) is 0 Å². The molecule has 13 heavy (non-hydrogen) atoms. The molecule has 2 nitrogen and oxygen atoms in total. The number of hydrazine groups is 1. The lowest BCUT2D eigenvalue weighted by atomic mass is 10.1. The fourth-order valence-electron chi connectivity index (χ4n) is 1.21. The Morgan fingerprint density at radius 1 is 1.62 bits per heavy atom. The van der Waals surface area contributed by atoms with E-state index in [1.165, 1.54) is 0 Å². The highest BCUT2D eigenvalue weighted by atomic mass is 79.9. The molecule has 0 aromatic heterocycles. The van der Waals surface area contributed by atoms with Gasteiger partial charge in [-0.2, -0.15) is 0 Å². The zero-order valence-electron chi connectivity index (χ0n) is 7.35. The molecular weight excluding hydrogens is 251 g/mol. The summed E-state index contributed by atoms with van der Waals surface area (Å²) in [6, 6.07) is 5.93. The van der Waals surface area contributed by atoms with Crippen molar-refractivity contribution in [3.05, 3.63) is 33.3 Å². The van der Waals surface area contributed by atoms with Crippen LogP contribution < -0.4 is 11.3 Å². The Morgan fingerprint density at radius 3 is 2.77 bits per heavy atom. The molecule has 0 bridgehead atoms. The minimum atomic E-state index is 0.126. The Kier molecular flexibility index (Phi) is 4.19. The topological polar surface area (TPSA) is 38.0 Å². The van der Waals surface area contributed by atoms with E-state index in [0.717, 1.165) is 21.5 Å². The predicted molar refractivity (Wildman–Crippen MR) is 59.5 cm³/mol. The summed E-state index contributed by atoms with van der Waals surface area (Å²) in [7, 11) is 0. The number of hydrogen-bond donors (Lipinski definition) is 2. The second-order valence-electron chi connectivity index (χ2n) is 2.79. The first kappa shape index (κ1) is 11.0. The van der Waals surface area contributed by atoms with Gasteiger partial charge in [-0.15, -0.1) is 0 Å². The molecule has 1 unspecified atom stereocenters. The third kappa shape index (κ3) is 2.68. The molecule has 72 valence electrons. The largest absolute Gasteiger partial charge is 0.271 e. The minimum Gasteiger partial charge on any atom is -0.271 e. The van der Waals surface area contributed by atoms with Crippen molar-refractivity contribution in [3.63, 3.8) is 0 Å². The molecule has 0 aliphatic heterocycles. The van der Waals surface area contributed by atoms with Crippen LogP contribution in [-0.2, 0) is 0 Å². The molecular formula is C9H12BrClN2. The first-order valence-electron chi connectivity index (χ1n) is 4.10. The molecule has 0 spiro atoms. The number of nitrogens with two attached hydrogens (primary N) is 1. The molecule has 0 aliphatic rings. The first-order chi connectivity index (χ1) is 6.19. The zero-order chi connectivity index (χ0) is 9.84. The molecule has 1 aromatic rings. The third-order valence-electron chi connectivity index (χ3n) is 1.95. The number of benzene rings is 1. The Morgan fingerprint density at radius 2 is 2.31 bits per heavy atom. The van der Waals surface area contributed by atoms with Gasteiger partial charge in [0.15, 0.2) is 0 Å². The average Bonchev–Trinajstić information content (AvgIpc) is 2.10. The molecule has 0 saturated carbocycles. The SMILES string of the molecule is CCC(NN)c1ccc(Br)cc1Cl. The third-order valence-corrected chi connectivity index (χ3v) is 2.77. The fraction of sp³-hybridized carbons (Fsp3) is 0.333. The Balaban J connectivity index is 2.99. The van der Waals surface area contributed by atoms with Crippen LogP contribution in [0.4, 0.5) is 0 Å². The van der Waals surface area contributed by atoms with Gasteiger partial charge in [0.05, 0.1) is 0 Å². The molecule has 3 N–H and O–H groups in total. The number of rotatable bonds is 3. The second-order valence-corrected chi connectivity index (χ2v) is 4.12. The van der Waals surface area contributed by atoms with Gasteiger partial charge in [-0.1, -0.05) is 40.5 Å². The molecule has 4 heteroatoms. The highest BCUT2D eigenvalue weighted by Crippen LogP contribution is 2.27. The van der Waals surface area contributed by atoms with E-state index in [1.54, 1.807) is 0 Å². The monoisotopic (exact) mass is 262 g/mol. The van der Waals surface area contributed by atoms with Crippen molar-refractivity contribution in [2.45, 2.75) is 19.4 Å². The van der Waals surface area contributed by atoms with E-state index in [9.17, 15) is 0 Å². The Bertz CT molecular complexity index is 287. The summed E-state index contributed by atoms with van der Waals surface area (Å²) in [6.45, 7) is 2.06. The normalized spacial score (nSPS) is 12.9. The van der Waals surface area contributed by atoms with Crippen LogP contribution >= 0.6 is 27.5 Å². The van der Waals surface area contributed by atoms with E-state index in [2.05, 4.69) is 28.3 Å². The van der Waals surface area contributed by atoms with Gasteiger partial charge in [-0.3, -0.25) is 11.3 Å². The molecule has 1 atom stereocenters. The standard InChI is InChI=1S/C9H12BrClN2/c1-2-9(13-12)7-4-3-6(10)5-8(7)11/h3-5,9,13H,2,12H2,1H3. The van der Waals surface area contributed by atoms with Crippen molar-refractivity contribution in [1.82, 2.24) is 5.43 Å². The van der Waals surface area contributed by atoms with Gasteiger partial charge in [-0.05, 0) is 24.1 Å². The second kappa shape index (κ2) is 4.96. The molecule has 1 rings (SSSR count). The van der Waals surface area contributed by atoms with Crippen LogP contribution in [0.3, 0.4) is 0 Å². The van der Waals surface area contributed by atoms with Gasteiger partial charge in [0, 0.05) is 15.5 Å². The predicted octanol–water partition coefficient (Wildman–Crippen LogP) is 3.02. The summed E-state index contributed by atoms with van der Waals surface area (Å²) in [4.78, 5) is 0. The molecule has 0 radical (unpaired) electrons. The van der Waals surface area contributed by atoms with E-state index in [-0.39, 0.29) is 6.04 Å². The van der Waals surface area contributed by atoms with Crippen molar-refractivity contribution in [2.24, 2.45) is 5.84 Å². The molecule has 0 heterocycles. The maximum Gasteiger partial charge on any atom is 0.0472 e. The summed E-state index contributed by atoms with van der Waals surface area (Å²) < 4.78 is 0.980. The van der Waals surface area contributed by atoms with E-state index in [0.29, 0.717) is 0 Å². The summed E-state index contributed by atoms with van der Waals surface area (Å²) in [5, 5.41) is 0.735. The van der Waals surface area contributed by atoms with E-state index >= 15 is 0 Å². The Labute approximate surface area is 91.6 Å². The van der Waals surface area contributed by atoms with Crippen molar-refractivity contribution in [1.29, 1.82) is 0 Å². The van der Waals surface area contributed by atoms with Gasteiger partial charge in [0.25, 0.3) is 0 Å². The highest BCUT2D eigenvalue weighted by Gasteiger charge is 2.10. The van der Waals surface area contributed by atoms with Crippen LogP contribution in [0.25, 0.3) is 0 Å². The molecule has 0 fully saturated rings. The number of hydrogen-bond acceptors (Lipinski definition) is 2. The quantitative estimate of drug-likeness (QED) is 0.650. The van der Waals surface area contributed by atoms with Crippen molar-refractivity contribution in [3.8, 4) is 0 Å². The van der Waals surface area contributed by atoms with Crippen LogP contribution in [0.2, 0.25) is 5.02 Å². The Hall–Kier alpha value is -0.0900. The molecule has 0 saturated heterocycles. The molecule has 0 aliphatic carbocycles. The van der Waals surface area contributed by atoms with Gasteiger partial charge < -0.3 is 0 Å². The van der Waals surface area contributed by atoms with Crippen molar-refractivity contribution < 1.29 is 0 Å². The van der Waals surface area contributed by atoms with E-state index in [1.807, 2.05) is 18.2 Å².